The lowest BCUT2D eigenvalue weighted by atomic mass is 9.82. The number of hydrogen-bond donors (Lipinski definition) is 0. The number of unbranched alkanes of at least 4 members (excludes halogenated alkanes) is 18. The minimum atomic E-state index is -0.356. The Morgan fingerprint density at radius 2 is 0.585 bits per heavy atom. The topological polar surface area (TPSA) is 103 Å². The predicted octanol–water partition coefficient (Wildman–Crippen LogP) is 18.5. The van der Waals surface area contributed by atoms with Crippen LogP contribution in [0.1, 0.15) is 195 Å². The van der Waals surface area contributed by atoms with Crippen LogP contribution in [0.25, 0.3) is 86.7 Å². The van der Waals surface area contributed by atoms with Gasteiger partial charge in [0.15, 0.2) is 0 Å². The van der Waals surface area contributed by atoms with E-state index in [1.54, 1.807) is 0 Å². The Balaban J connectivity index is 0.853. The summed E-state index contributed by atoms with van der Waals surface area (Å²) >= 11 is 0. The first kappa shape index (κ1) is 53.2. The number of rotatable bonds is 24. The molecule has 4 heterocycles. The fraction of sp³-hybridized carbons (Fsp3) is 0.324. The molecule has 2 N–H and O–H groups in total. The summed E-state index contributed by atoms with van der Waals surface area (Å²) < 4.78 is 0. The summed E-state index contributed by atoms with van der Waals surface area (Å²) in [6.07, 6.45) is 26.6. The van der Waals surface area contributed by atoms with Crippen LogP contribution in [0, 0.1) is 0 Å². The number of aromatic nitrogens is 2. The average molecular weight is 1080 g/mol. The quantitative estimate of drug-likeness (QED) is 0.0260. The fourth-order valence-corrected chi connectivity index (χ4v) is 14.3. The number of imide groups is 2. The Labute approximate surface area is 480 Å². The maximum absolute atomic E-state index is 15.5. The number of para-hydroxylation sites is 2. The molecule has 0 aliphatic carbocycles. The molecule has 11 aromatic rings. The summed E-state index contributed by atoms with van der Waals surface area (Å²) in [5.74, 6) is -1.43. The molecule has 4 amide bonds. The molecule has 412 valence electrons. The van der Waals surface area contributed by atoms with Gasteiger partial charge in [-0.15, -0.1) is 0 Å². The second kappa shape index (κ2) is 23.0. The van der Waals surface area contributed by atoms with Crippen molar-refractivity contribution in [3.63, 3.8) is 0 Å². The number of hydrogen-bond acceptors (Lipinski definition) is 4. The van der Waals surface area contributed by atoms with Crippen molar-refractivity contribution in [2.24, 2.45) is 0 Å². The summed E-state index contributed by atoms with van der Waals surface area (Å²) in [6, 6.07) is 44.1. The lowest BCUT2D eigenvalue weighted by molar-refractivity contribution is -0.310. The molecule has 0 saturated carbocycles. The molecule has 82 heavy (non-hydrogen) atoms. The number of pyridine rings is 2. The first-order valence-electron chi connectivity index (χ1n) is 31.1. The molecular formula is C74H74N4O4+2. The maximum atomic E-state index is 15.5. The second-order valence-corrected chi connectivity index (χ2v) is 23.6. The Hall–Kier alpha value is -8.10. The van der Waals surface area contributed by atoms with Gasteiger partial charge in [0, 0.05) is 57.3 Å². The minimum Gasteiger partial charge on any atom is -0.268 e. The van der Waals surface area contributed by atoms with Gasteiger partial charge in [0.05, 0.1) is 32.9 Å². The molecule has 8 heteroatoms. The third-order valence-electron chi connectivity index (χ3n) is 18.4. The van der Waals surface area contributed by atoms with Crippen molar-refractivity contribution >= 4 is 122 Å². The zero-order valence-electron chi connectivity index (χ0n) is 47.8. The van der Waals surface area contributed by atoms with Crippen molar-refractivity contribution < 1.29 is 29.1 Å². The molecule has 0 fully saturated rings. The number of carbonyl (C=O) groups is 4. The first-order chi connectivity index (χ1) is 40.4. The Morgan fingerprint density at radius 1 is 0.280 bits per heavy atom. The molecule has 0 spiro atoms. The van der Waals surface area contributed by atoms with E-state index in [0.717, 1.165) is 126 Å². The number of carbonyl (C=O) groups excluding carboxylic acids is 4. The second-order valence-electron chi connectivity index (χ2n) is 23.6. The minimum absolute atomic E-state index is 0.356. The molecule has 2 aliphatic rings. The van der Waals surface area contributed by atoms with Crippen molar-refractivity contribution in [3.05, 3.63) is 167 Å². The van der Waals surface area contributed by atoms with Gasteiger partial charge in [-0.05, 0) is 106 Å². The van der Waals surface area contributed by atoms with Gasteiger partial charge in [-0.3, -0.25) is 19.2 Å². The number of aryl methyl sites for hydroxylation is 2. The smallest absolute Gasteiger partial charge is 0.266 e. The Morgan fingerprint density at radius 3 is 0.927 bits per heavy atom. The molecule has 0 atom stereocenters. The highest BCUT2D eigenvalue weighted by molar-refractivity contribution is 6.47. The number of amides is 4. The number of nitrogens with zero attached hydrogens (tertiary/aromatic N) is 2. The highest BCUT2D eigenvalue weighted by Crippen LogP contribution is 2.49. The largest absolute Gasteiger partial charge is 0.268 e. The summed E-state index contributed by atoms with van der Waals surface area (Å²) in [7, 11) is 0. The maximum Gasteiger partial charge on any atom is 0.266 e. The van der Waals surface area contributed by atoms with Crippen molar-refractivity contribution in [2.75, 3.05) is 9.80 Å². The van der Waals surface area contributed by atoms with Crippen molar-refractivity contribution in [3.8, 4) is 0 Å². The van der Waals surface area contributed by atoms with Crippen LogP contribution in [0.4, 0.5) is 11.4 Å². The molecule has 0 radical (unpaired) electrons. The van der Waals surface area contributed by atoms with E-state index in [1.807, 2.05) is 97.1 Å². The number of H-pyrrole nitrogens is 2. The van der Waals surface area contributed by atoms with Crippen LogP contribution in [0.15, 0.2) is 133 Å². The average Bonchev–Trinajstić information content (AvgIpc) is 2.82. The molecule has 8 nitrogen and oxygen atoms in total. The number of aromatic amines is 2. The standard InChI is InChI=1S/C74H72N4O4/c1-3-5-7-9-11-13-15-17-19-21-29-47-31-27-37-61-63(47)69(53-33-23-25-35-59(53)75-61)77-71(79)55-43-39-49-51-41-45-57-68-58(46-42-52(66(51)68)50-40-44-56(72(77)80)67(55)65(49)50)74(82)78(73(57)81)70-54-34-24-26-36-60(54)76-62-38-28-32-48(64(62)70)30-22-20-18-16-14-12-10-8-6-4-2/h23-28,31-46H,3-22,29-30H2,1-2H3/p+2. The van der Waals surface area contributed by atoms with E-state index in [2.05, 4.69) is 60.2 Å². The molecule has 9 aromatic carbocycles. The van der Waals surface area contributed by atoms with Gasteiger partial charge in [-0.25, -0.2) is 19.8 Å². The lowest BCUT2D eigenvalue weighted by Crippen LogP contribution is -2.41. The highest BCUT2D eigenvalue weighted by Gasteiger charge is 2.41. The molecule has 2 aromatic heterocycles. The number of benzene rings is 9. The summed E-state index contributed by atoms with van der Waals surface area (Å²) in [4.78, 5) is 72.2. The normalized spacial score (nSPS) is 13.6. The van der Waals surface area contributed by atoms with Gasteiger partial charge in [0.25, 0.3) is 23.6 Å². The van der Waals surface area contributed by atoms with Crippen molar-refractivity contribution in [1.82, 2.24) is 0 Å². The van der Waals surface area contributed by atoms with Crippen LogP contribution in [-0.4, -0.2) is 23.6 Å². The molecule has 0 saturated heterocycles. The molecule has 0 bridgehead atoms. The molecule has 0 unspecified atom stereocenters. The van der Waals surface area contributed by atoms with E-state index in [4.69, 9.17) is 0 Å². The van der Waals surface area contributed by atoms with Gasteiger partial charge in [0.1, 0.15) is 0 Å². The lowest BCUT2D eigenvalue weighted by Gasteiger charge is -2.31. The number of anilines is 2. The first-order valence-corrected chi connectivity index (χ1v) is 31.1. The van der Waals surface area contributed by atoms with E-state index < -0.39 is 0 Å². The van der Waals surface area contributed by atoms with Crippen LogP contribution in [0.5, 0.6) is 0 Å². The number of fused-ring (bicyclic) bond motifs is 6. The monoisotopic (exact) mass is 1080 g/mol. The fourth-order valence-electron chi connectivity index (χ4n) is 14.3. The van der Waals surface area contributed by atoms with Crippen molar-refractivity contribution in [2.45, 2.75) is 155 Å². The van der Waals surface area contributed by atoms with E-state index in [9.17, 15) is 0 Å². The Bertz CT molecular complexity index is 3930. The molecule has 13 rings (SSSR count). The summed E-state index contributed by atoms with van der Waals surface area (Å²) in [5.41, 5.74) is 8.83. The third-order valence-corrected chi connectivity index (χ3v) is 18.4. The number of nitrogens with one attached hydrogen (secondary N) is 2. The van der Waals surface area contributed by atoms with Crippen LogP contribution in [-0.2, 0) is 12.8 Å². The zero-order valence-corrected chi connectivity index (χ0v) is 47.8. The van der Waals surface area contributed by atoms with Crippen LogP contribution < -0.4 is 19.8 Å². The van der Waals surface area contributed by atoms with Crippen LogP contribution in [0.3, 0.4) is 0 Å². The SMILES string of the molecule is CCCCCCCCCCCCc1cccc2[nH+]c3ccccc3c(N3C(=O)c4ccc5c6ccc7c8c(ccc(c9ccc(c4c59)C3=O)c86)C(=O)N(c3c4ccccc4[nH+]c4cccc(CCCCCCCCCCCC)c34)C7=O)c12. The van der Waals surface area contributed by atoms with Gasteiger partial charge in [0.2, 0.25) is 22.1 Å². The van der Waals surface area contributed by atoms with E-state index in [0.29, 0.717) is 44.4 Å². The van der Waals surface area contributed by atoms with Crippen molar-refractivity contribution in [1.29, 1.82) is 0 Å². The molecular weight excluding hydrogens is 1010 g/mol. The predicted molar refractivity (Wildman–Crippen MR) is 337 cm³/mol. The summed E-state index contributed by atoms with van der Waals surface area (Å²) in [5, 5.41) is 9.80. The third kappa shape index (κ3) is 9.23. The van der Waals surface area contributed by atoms with Crippen LogP contribution >= 0.6 is 0 Å². The van der Waals surface area contributed by atoms with Gasteiger partial charge in [-0.2, -0.15) is 0 Å². The van der Waals surface area contributed by atoms with Gasteiger partial charge >= 0.3 is 0 Å². The van der Waals surface area contributed by atoms with E-state index in [1.165, 1.54) is 113 Å². The summed E-state index contributed by atoms with van der Waals surface area (Å²) in [6.45, 7) is 4.53. The zero-order chi connectivity index (χ0) is 55.8. The Kier molecular flexibility index (Phi) is 15.0. The molecule has 2 aliphatic heterocycles. The van der Waals surface area contributed by atoms with E-state index in [-0.39, 0.29) is 23.6 Å². The van der Waals surface area contributed by atoms with Gasteiger partial charge < -0.3 is 0 Å². The van der Waals surface area contributed by atoms with Crippen LogP contribution in [0.2, 0.25) is 0 Å². The highest BCUT2D eigenvalue weighted by atomic mass is 16.2. The van der Waals surface area contributed by atoms with E-state index >= 15 is 19.2 Å². The van der Waals surface area contributed by atoms with Gasteiger partial charge in [-0.1, -0.05) is 202 Å².